The van der Waals surface area contributed by atoms with Crippen molar-refractivity contribution in [2.45, 2.75) is 295 Å². The average molecular weight is 752 g/mol. The van der Waals surface area contributed by atoms with Crippen molar-refractivity contribution < 1.29 is 20.1 Å². The Hall–Kier alpha value is -0.650. The molecular formula is C48H97NO4. The zero-order chi connectivity index (χ0) is 38.7. The SMILES string of the molecule is CCCCCCCCCCCCCCCCCCCCCCCCCCCCC(=O)N[C@@H](CO)[C@H](O)[C@H](O)CCCCCCCCCCCCCCC. The van der Waals surface area contributed by atoms with Crippen LogP contribution in [0.25, 0.3) is 0 Å². The molecule has 0 aromatic carbocycles. The van der Waals surface area contributed by atoms with Gasteiger partial charge in [0.05, 0.1) is 18.8 Å². The third-order valence-electron chi connectivity index (χ3n) is 11.7. The van der Waals surface area contributed by atoms with Gasteiger partial charge in [-0.25, -0.2) is 0 Å². The lowest BCUT2D eigenvalue weighted by Crippen LogP contribution is -2.50. The van der Waals surface area contributed by atoms with Crippen molar-refractivity contribution >= 4 is 5.91 Å². The van der Waals surface area contributed by atoms with E-state index in [1.54, 1.807) is 0 Å². The highest BCUT2D eigenvalue weighted by atomic mass is 16.3. The summed E-state index contributed by atoms with van der Waals surface area (Å²) in [6, 6.07) is -0.802. The van der Waals surface area contributed by atoms with Crippen LogP contribution in [0.4, 0.5) is 0 Å². The van der Waals surface area contributed by atoms with Crippen molar-refractivity contribution in [1.29, 1.82) is 0 Å². The molecule has 0 radical (unpaired) electrons. The lowest BCUT2D eigenvalue weighted by Gasteiger charge is -2.26. The maximum atomic E-state index is 12.4. The molecule has 5 heteroatoms. The van der Waals surface area contributed by atoms with Gasteiger partial charge in [-0.15, -0.1) is 0 Å². The van der Waals surface area contributed by atoms with Gasteiger partial charge in [0, 0.05) is 6.42 Å². The molecule has 3 atom stereocenters. The number of amides is 1. The lowest BCUT2D eigenvalue weighted by atomic mass is 9.99. The molecule has 0 heterocycles. The molecule has 5 nitrogen and oxygen atoms in total. The first-order valence-corrected chi connectivity index (χ1v) is 24.3. The van der Waals surface area contributed by atoms with Crippen LogP contribution in [0.3, 0.4) is 0 Å². The maximum absolute atomic E-state index is 12.4. The zero-order valence-corrected chi connectivity index (χ0v) is 36.2. The number of carbonyl (C=O) groups is 1. The van der Waals surface area contributed by atoms with Crippen LogP contribution in [0.1, 0.15) is 277 Å². The van der Waals surface area contributed by atoms with Crippen molar-refractivity contribution in [3.8, 4) is 0 Å². The molecule has 0 aliphatic carbocycles. The Morgan fingerprint density at radius 2 is 0.642 bits per heavy atom. The summed E-state index contributed by atoms with van der Waals surface area (Å²) in [5, 5.41) is 33.6. The fourth-order valence-corrected chi connectivity index (χ4v) is 7.93. The Kier molecular flexibility index (Phi) is 43.5. The van der Waals surface area contributed by atoms with E-state index >= 15 is 0 Å². The molecule has 0 aliphatic rings. The maximum Gasteiger partial charge on any atom is 0.220 e. The second-order valence-electron chi connectivity index (χ2n) is 17.0. The van der Waals surface area contributed by atoms with Crippen molar-refractivity contribution in [3.05, 3.63) is 0 Å². The first kappa shape index (κ1) is 52.3. The Morgan fingerprint density at radius 3 is 0.906 bits per heavy atom. The summed E-state index contributed by atoms with van der Waals surface area (Å²) in [5.74, 6) is -0.138. The minimum atomic E-state index is -1.13. The summed E-state index contributed by atoms with van der Waals surface area (Å²) in [6.45, 7) is 4.20. The third kappa shape index (κ3) is 39.4. The van der Waals surface area contributed by atoms with E-state index in [9.17, 15) is 20.1 Å². The van der Waals surface area contributed by atoms with E-state index in [0.29, 0.717) is 12.8 Å². The molecule has 0 aromatic rings. The Labute approximate surface area is 332 Å². The molecule has 0 saturated carbocycles. The van der Waals surface area contributed by atoms with Gasteiger partial charge in [-0.3, -0.25) is 4.79 Å². The molecule has 0 aliphatic heterocycles. The van der Waals surface area contributed by atoms with Crippen LogP contribution >= 0.6 is 0 Å². The summed E-state index contributed by atoms with van der Waals surface area (Å²) in [5.41, 5.74) is 0. The van der Waals surface area contributed by atoms with E-state index in [1.165, 1.54) is 218 Å². The van der Waals surface area contributed by atoms with E-state index < -0.39 is 18.2 Å². The van der Waals surface area contributed by atoms with Crippen molar-refractivity contribution in [2.75, 3.05) is 6.61 Å². The van der Waals surface area contributed by atoms with Gasteiger partial charge in [0.15, 0.2) is 0 Å². The number of hydrogen-bond acceptors (Lipinski definition) is 4. The standard InChI is InChI=1S/C48H97NO4/c1-3-5-7-9-11-13-15-17-18-19-20-21-22-23-24-25-26-27-28-29-31-33-35-37-39-41-43-47(52)49-45(44-50)48(53)46(51)42-40-38-36-34-32-30-16-14-12-10-8-6-4-2/h45-46,48,50-51,53H,3-44H2,1-2H3,(H,49,52)/t45-,46+,48-/m0/s1. The molecule has 1 amide bonds. The van der Waals surface area contributed by atoms with Crippen molar-refractivity contribution in [1.82, 2.24) is 5.32 Å². The fraction of sp³-hybridized carbons (Fsp3) is 0.979. The molecule has 0 aromatic heterocycles. The third-order valence-corrected chi connectivity index (χ3v) is 11.7. The van der Waals surface area contributed by atoms with Crippen LogP contribution < -0.4 is 5.32 Å². The van der Waals surface area contributed by atoms with Gasteiger partial charge in [0.25, 0.3) is 0 Å². The molecule has 0 spiro atoms. The minimum Gasteiger partial charge on any atom is -0.394 e. The van der Waals surface area contributed by atoms with Gasteiger partial charge in [0.1, 0.15) is 6.10 Å². The molecule has 53 heavy (non-hydrogen) atoms. The number of rotatable bonds is 45. The average Bonchev–Trinajstić information content (AvgIpc) is 3.16. The normalized spacial score (nSPS) is 13.4. The number of nitrogens with one attached hydrogen (secondary N) is 1. The molecule has 0 saturated heterocycles. The van der Waals surface area contributed by atoms with E-state index in [4.69, 9.17) is 0 Å². The Bertz CT molecular complexity index is 703. The van der Waals surface area contributed by atoms with Gasteiger partial charge < -0.3 is 20.6 Å². The highest BCUT2D eigenvalue weighted by Gasteiger charge is 2.26. The molecule has 318 valence electrons. The van der Waals surface area contributed by atoms with Crippen molar-refractivity contribution in [3.63, 3.8) is 0 Å². The van der Waals surface area contributed by atoms with Crippen LogP contribution in [0.2, 0.25) is 0 Å². The van der Waals surface area contributed by atoms with Crippen LogP contribution in [0, 0.1) is 0 Å². The molecule has 0 unspecified atom stereocenters. The van der Waals surface area contributed by atoms with E-state index in [0.717, 1.165) is 32.1 Å². The van der Waals surface area contributed by atoms with Gasteiger partial charge in [-0.1, -0.05) is 258 Å². The Morgan fingerprint density at radius 1 is 0.396 bits per heavy atom. The highest BCUT2D eigenvalue weighted by molar-refractivity contribution is 5.76. The predicted molar refractivity (Wildman–Crippen MR) is 232 cm³/mol. The summed E-state index contributed by atoms with van der Waals surface area (Å²) in [7, 11) is 0. The molecule has 0 fully saturated rings. The summed E-state index contributed by atoms with van der Waals surface area (Å²) in [4.78, 5) is 12.4. The smallest absolute Gasteiger partial charge is 0.220 e. The topological polar surface area (TPSA) is 89.8 Å². The summed E-state index contributed by atoms with van der Waals surface area (Å²) >= 11 is 0. The van der Waals surface area contributed by atoms with Gasteiger partial charge in [0.2, 0.25) is 5.91 Å². The fourth-order valence-electron chi connectivity index (χ4n) is 7.93. The van der Waals surface area contributed by atoms with Crippen molar-refractivity contribution in [2.24, 2.45) is 0 Å². The molecule has 0 rings (SSSR count). The van der Waals surface area contributed by atoms with Gasteiger partial charge >= 0.3 is 0 Å². The summed E-state index contributed by atoms with van der Waals surface area (Å²) < 4.78 is 0. The summed E-state index contributed by atoms with van der Waals surface area (Å²) in [6.07, 6.45) is 50.9. The quantitative estimate of drug-likeness (QED) is 0.0466. The van der Waals surface area contributed by atoms with Gasteiger partial charge in [-0.05, 0) is 12.8 Å². The second kappa shape index (κ2) is 44.1. The largest absolute Gasteiger partial charge is 0.394 e. The molecular weight excluding hydrogens is 655 g/mol. The number of unbranched alkanes of at least 4 members (excludes halogenated alkanes) is 37. The van der Waals surface area contributed by atoms with Crippen LogP contribution in [0.15, 0.2) is 0 Å². The molecule has 4 N–H and O–H groups in total. The monoisotopic (exact) mass is 752 g/mol. The van der Waals surface area contributed by atoms with E-state index in [-0.39, 0.29) is 12.5 Å². The van der Waals surface area contributed by atoms with Gasteiger partial charge in [-0.2, -0.15) is 0 Å². The number of hydrogen-bond donors (Lipinski definition) is 4. The van der Waals surface area contributed by atoms with Crippen LogP contribution in [-0.4, -0.2) is 46.1 Å². The highest BCUT2D eigenvalue weighted by Crippen LogP contribution is 2.18. The second-order valence-corrected chi connectivity index (χ2v) is 17.0. The first-order chi connectivity index (χ1) is 26.1. The number of aliphatic hydroxyl groups excluding tert-OH is 3. The predicted octanol–water partition coefficient (Wildman–Crippen LogP) is 14.2. The lowest BCUT2D eigenvalue weighted by molar-refractivity contribution is -0.124. The van der Waals surface area contributed by atoms with E-state index in [1.807, 2.05) is 0 Å². The van der Waals surface area contributed by atoms with E-state index in [2.05, 4.69) is 19.2 Å². The van der Waals surface area contributed by atoms with Crippen LogP contribution in [0.5, 0.6) is 0 Å². The Balaban J connectivity index is 3.49. The number of aliphatic hydroxyl groups is 3. The van der Waals surface area contributed by atoms with Crippen LogP contribution in [-0.2, 0) is 4.79 Å². The number of carbonyl (C=O) groups excluding carboxylic acids is 1. The zero-order valence-electron chi connectivity index (χ0n) is 36.2. The first-order valence-electron chi connectivity index (χ1n) is 24.3. The molecule has 0 bridgehead atoms. The minimum absolute atomic E-state index is 0.138.